The Morgan fingerprint density at radius 2 is 1.12 bits per heavy atom. The highest BCUT2D eigenvalue weighted by atomic mass is 35.5. The number of alkyl halides is 13. The van der Waals surface area contributed by atoms with Gasteiger partial charge in [-0.05, 0) is 11.6 Å². The molecule has 0 saturated carbocycles. The molecule has 0 radical (unpaired) electrons. The zero-order chi connectivity index (χ0) is 20.9. The molecule has 0 aliphatic heterocycles. The van der Waals surface area contributed by atoms with Crippen LogP contribution in [0.4, 0.5) is 52.7 Å². The summed E-state index contributed by atoms with van der Waals surface area (Å²) in [4.78, 5) is 10.2. The molecule has 0 aromatic carbocycles. The first kappa shape index (κ1) is 23.9. The van der Waals surface area contributed by atoms with E-state index in [1.807, 2.05) is 0 Å². The molecule has 0 amide bonds. The van der Waals surface area contributed by atoms with Crippen molar-refractivity contribution in [2.75, 3.05) is 0 Å². The number of nitrogens with two attached hydrogens (primary N) is 1. The number of carbonyl (C=O) groups is 1. The van der Waals surface area contributed by atoms with E-state index < -0.39 is 53.4 Å². The van der Waals surface area contributed by atoms with Gasteiger partial charge in [-0.2, -0.15) is 52.7 Å². The van der Waals surface area contributed by atoms with Gasteiger partial charge in [0, 0.05) is 6.42 Å². The van der Waals surface area contributed by atoms with Gasteiger partial charge in [0.05, 0.1) is 0 Å². The van der Waals surface area contributed by atoms with E-state index >= 15 is 0 Å². The first-order valence-electron chi connectivity index (χ1n) is 5.52. The Bertz CT molecular complexity index is 517. The summed E-state index contributed by atoms with van der Waals surface area (Å²) in [5, 5.41) is 1.61. The molecule has 0 aromatic rings. The second-order valence-electron chi connectivity index (χ2n) is 4.65. The highest BCUT2D eigenvalue weighted by molar-refractivity contribution is 6.22. The van der Waals surface area contributed by atoms with Crippen LogP contribution >= 0.6 is 11.6 Å². The Kier molecular flexibility index (Phi) is 5.97. The van der Waals surface area contributed by atoms with Crippen LogP contribution in [0.3, 0.4) is 0 Å². The van der Waals surface area contributed by atoms with E-state index in [4.69, 9.17) is 5.11 Å². The minimum Gasteiger partial charge on any atom is -0.480 e. The van der Waals surface area contributed by atoms with E-state index in [1.165, 1.54) is 0 Å². The number of halogens is 13. The monoisotopic (exact) mass is 423 g/mol. The molecule has 0 saturated heterocycles. The van der Waals surface area contributed by atoms with Crippen LogP contribution in [0.15, 0.2) is 0 Å². The molecule has 16 heteroatoms. The number of carboxylic acid groups (broad SMARTS) is 1. The van der Waals surface area contributed by atoms with E-state index in [-0.39, 0.29) is 0 Å². The van der Waals surface area contributed by atoms with Gasteiger partial charge in [-0.15, -0.1) is 0 Å². The van der Waals surface area contributed by atoms with Crippen molar-refractivity contribution < 1.29 is 62.6 Å². The molecule has 0 rings (SSSR count). The van der Waals surface area contributed by atoms with Gasteiger partial charge in [-0.3, -0.25) is 4.79 Å². The molecule has 0 aliphatic carbocycles. The van der Waals surface area contributed by atoms with Crippen LogP contribution in [0.2, 0.25) is 0 Å². The molecule has 3 N–H and O–H groups in total. The van der Waals surface area contributed by atoms with Crippen molar-refractivity contribution in [2.45, 2.75) is 47.5 Å². The van der Waals surface area contributed by atoms with Crippen LogP contribution in [0.25, 0.3) is 0 Å². The van der Waals surface area contributed by atoms with E-state index in [2.05, 4.69) is 17.3 Å². The van der Waals surface area contributed by atoms with Crippen LogP contribution in [0.1, 0.15) is 6.42 Å². The van der Waals surface area contributed by atoms with Crippen LogP contribution in [-0.4, -0.2) is 52.1 Å². The van der Waals surface area contributed by atoms with E-state index in [0.717, 1.165) is 0 Å². The maximum Gasteiger partial charge on any atom is 0.393 e. The summed E-state index contributed by atoms with van der Waals surface area (Å²) in [6.45, 7) is 0. The van der Waals surface area contributed by atoms with Gasteiger partial charge in [0.25, 0.3) is 0 Å². The van der Waals surface area contributed by atoms with E-state index in [9.17, 15) is 57.5 Å². The fourth-order valence-electron chi connectivity index (χ4n) is 1.29. The Hall–Kier alpha value is -1.12. The fourth-order valence-corrected chi connectivity index (χ4v) is 1.41. The van der Waals surface area contributed by atoms with Gasteiger partial charge < -0.3 is 10.8 Å². The number of aliphatic carboxylic acids is 1. The second kappa shape index (κ2) is 6.25. The Balaban J connectivity index is 6.16. The Morgan fingerprint density at radius 3 is 1.40 bits per heavy atom. The van der Waals surface area contributed by atoms with Crippen molar-refractivity contribution in [3.63, 3.8) is 0 Å². The van der Waals surface area contributed by atoms with Crippen molar-refractivity contribution in [3.05, 3.63) is 0 Å². The third-order valence-corrected chi connectivity index (χ3v) is 3.03. The SMILES string of the molecule is N[C@@H](CC(F)(F)C(F)(F)C(F)(F)C(F)(F)C(F)(F)C(F)(F)Cl)C(=O)O. The highest BCUT2D eigenvalue weighted by Crippen LogP contribution is 2.61. The Labute approximate surface area is 134 Å². The molecule has 3 nitrogen and oxygen atoms in total. The number of hydrogen-bond donors (Lipinski definition) is 2. The molecule has 0 aliphatic rings. The predicted octanol–water partition coefficient (Wildman–Crippen LogP) is 3.80. The van der Waals surface area contributed by atoms with Gasteiger partial charge >= 0.3 is 41.0 Å². The zero-order valence-corrected chi connectivity index (χ0v) is 11.9. The van der Waals surface area contributed by atoms with E-state index in [1.54, 1.807) is 0 Å². The Morgan fingerprint density at radius 1 is 0.800 bits per heavy atom. The molecule has 0 unspecified atom stereocenters. The molecule has 0 bridgehead atoms. The normalized spacial score (nSPS) is 16.7. The average molecular weight is 424 g/mol. The number of hydrogen-bond acceptors (Lipinski definition) is 2. The standard InChI is InChI=1S/C9H6ClF12NO2/c10-9(21,22)8(19,20)7(17,18)6(15,16)5(13,14)4(11,12)1-2(23)3(24)25/h2H,1,23H2,(H,24,25)/t2-/m0/s1. The van der Waals surface area contributed by atoms with Gasteiger partial charge in [0.2, 0.25) is 0 Å². The molecule has 150 valence electrons. The lowest BCUT2D eigenvalue weighted by Gasteiger charge is -2.40. The second-order valence-corrected chi connectivity index (χ2v) is 5.12. The van der Waals surface area contributed by atoms with E-state index in [0.29, 0.717) is 0 Å². The van der Waals surface area contributed by atoms with Crippen LogP contribution in [-0.2, 0) is 4.79 Å². The lowest BCUT2D eigenvalue weighted by molar-refractivity contribution is -0.417. The summed E-state index contributed by atoms with van der Waals surface area (Å²) >= 11 is 3.48. The summed E-state index contributed by atoms with van der Waals surface area (Å²) in [7, 11) is 0. The fraction of sp³-hybridized carbons (Fsp3) is 0.889. The zero-order valence-electron chi connectivity index (χ0n) is 11.1. The van der Waals surface area contributed by atoms with Crippen molar-refractivity contribution in [3.8, 4) is 0 Å². The van der Waals surface area contributed by atoms with Crippen molar-refractivity contribution >= 4 is 17.6 Å². The van der Waals surface area contributed by atoms with Gasteiger partial charge in [-0.1, -0.05) is 0 Å². The summed E-state index contributed by atoms with van der Waals surface area (Å²) in [5.74, 6) is -39.2. The smallest absolute Gasteiger partial charge is 0.393 e. The minimum absolute atomic E-state index is 2.46. The predicted molar refractivity (Wildman–Crippen MR) is 55.8 cm³/mol. The maximum absolute atomic E-state index is 13.2. The van der Waals surface area contributed by atoms with Crippen molar-refractivity contribution in [1.29, 1.82) is 0 Å². The van der Waals surface area contributed by atoms with Crippen LogP contribution < -0.4 is 5.73 Å². The first-order chi connectivity index (χ1) is 10.6. The van der Waals surface area contributed by atoms with Gasteiger partial charge in [-0.25, -0.2) is 0 Å². The molecular formula is C9H6ClF12NO2. The summed E-state index contributed by atoms with van der Waals surface area (Å²) in [5.41, 5.74) is 4.37. The lowest BCUT2D eigenvalue weighted by Crippen LogP contribution is -2.70. The van der Waals surface area contributed by atoms with Crippen LogP contribution in [0, 0.1) is 0 Å². The number of carboxylic acids is 1. The summed E-state index contributed by atoms with van der Waals surface area (Å²) in [6.07, 6.45) is -2.90. The molecule has 0 spiro atoms. The summed E-state index contributed by atoms with van der Waals surface area (Å²) < 4.78 is 155. The quantitative estimate of drug-likeness (QED) is 0.461. The third kappa shape index (κ3) is 3.57. The number of rotatable bonds is 8. The van der Waals surface area contributed by atoms with Crippen molar-refractivity contribution in [1.82, 2.24) is 0 Å². The largest absolute Gasteiger partial charge is 0.480 e. The first-order valence-corrected chi connectivity index (χ1v) is 5.90. The van der Waals surface area contributed by atoms with Crippen molar-refractivity contribution in [2.24, 2.45) is 5.73 Å². The molecule has 25 heavy (non-hydrogen) atoms. The molecule has 0 fully saturated rings. The highest BCUT2D eigenvalue weighted by Gasteiger charge is 2.89. The molecular weight excluding hydrogens is 418 g/mol. The topological polar surface area (TPSA) is 63.3 Å². The van der Waals surface area contributed by atoms with Crippen LogP contribution in [0.5, 0.6) is 0 Å². The summed E-state index contributed by atoms with van der Waals surface area (Å²) in [6, 6.07) is -3.00. The maximum atomic E-state index is 13.2. The minimum atomic E-state index is -7.79. The van der Waals surface area contributed by atoms with Gasteiger partial charge in [0.15, 0.2) is 0 Å². The average Bonchev–Trinajstić information content (AvgIpc) is 2.35. The molecule has 0 heterocycles. The lowest BCUT2D eigenvalue weighted by atomic mass is 9.91. The molecule has 1 atom stereocenters. The molecule has 0 aromatic heterocycles. The van der Waals surface area contributed by atoms with Gasteiger partial charge in [0.1, 0.15) is 6.04 Å². The third-order valence-electron chi connectivity index (χ3n) is 2.79.